The minimum absolute atomic E-state index is 0.0104. The summed E-state index contributed by atoms with van der Waals surface area (Å²) in [5.74, 6) is 0.550. The second kappa shape index (κ2) is 11.1. The molecular weight excluding hydrogens is 466 g/mol. The Morgan fingerprint density at radius 2 is 1.57 bits per heavy atom. The van der Waals surface area contributed by atoms with E-state index < -0.39 is 5.91 Å². The molecule has 2 aromatic rings. The Labute approximate surface area is 190 Å². The Kier molecular flexibility index (Phi) is 8.80. The maximum absolute atomic E-state index is 12.2. The number of nitrogens with one attached hydrogen (secondary N) is 3. The van der Waals surface area contributed by atoms with Crippen LogP contribution in [0, 0.1) is 0 Å². The van der Waals surface area contributed by atoms with Gasteiger partial charge in [0.2, 0.25) is 0 Å². The number of carbonyl (C=O) groups is 2. The molecule has 6 nitrogen and oxygen atoms in total. The van der Waals surface area contributed by atoms with Crippen molar-refractivity contribution < 1.29 is 14.3 Å². The third-order valence-corrected chi connectivity index (χ3v) is 5.19. The summed E-state index contributed by atoms with van der Waals surface area (Å²) in [6, 6.07) is 13.0. The normalized spacial score (nSPS) is 10.6. The van der Waals surface area contributed by atoms with E-state index in [9.17, 15) is 9.59 Å². The standard InChI is InChI=1S/C22H26BrN3O3S/c1-13(2)15-5-7-16(8-6-15)21(28)24-22(30)26-25-20(27)12-29-19-10-9-17(14(3)4)11-18(19)23/h5-11,13-14H,12H2,1-4H3,(H,25,27)(H2,24,26,28,30). The molecule has 2 amide bonds. The number of hydrogen-bond acceptors (Lipinski definition) is 4. The van der Waals surface area contributed by atoms with Gasteiger partial charge in [0.25, 0.3) is 11.8 Å². The van der Waals surface area contributed by atoms with Crippen LogP contribution < -0.4 is 20.9 Å². The molecule has 30 heavy (non-hydrogen) atoms. The summed E-state index contributed by atoms with van der Waals surface area (Å²) in [6.07, 6.45) is 0. The van der Waals surface area contributed by atoms with Gasteiger partial charge in [0, 0.05) is 5.56 Å². The van der Waals surface area contributed by atoms with Crippen LogP contribution in [-0.4, -0.2) is 23.5 Å². The quantitative estimate of drug-likeness (QED) is 0.411. The van der Waals surface area contributed by atoms with E-state index in [2.05, 4.69) is 59.8 Å². The molecular formula is C22H26BrN3O3S. The molecule has 0 heterocycles. The Bertz CT molecular complexity index is 914. The predicted octanol–water partition coefficient (Wildman–Crippen LogP) is 4.41. The van der Waals surface area contributed by atoms with E-state index in [-0.39, 0.29) is 17.6 Å². The number of halogens is 1. The monoisotopic (exact) mass is 491 g/mol. The first kappa shape index (κ1) is 23.8. The molecule has 0 spiro atoms. The van der Waals surface area contributed by atoms with Gasteiger partial charge < -0.3 is 4.74 Å². The number of amides is 2. The highest BCUT2D eigenvalue weighted by atomic mass is 79.9. The molecule has 0 aliphatic rings. The van der Waals surface area contributed by atoms with Gasteiger partial charge in [-0.25, -0.2) is 0 Å². The molecule has 0 aromatic heterocycles. The highest BCUT2D eigenvalue weighted by Gasteiger charge is 2.11. The Balaban J connectivity index is 1.77. The zero-order valence-electron chi connectivity index (χ0n) is 17.4. The Morgan fingerprint density at radius 1 is 0.967 bits per heavy atom. The minimum Gasteiger partial charge on any atom is -0.483 e. The fourth-order valence-corrected chi connectivity index (χ4v) is 3.18. The lowest BCUT2D eigenvalue weighted by Gasteiger charge is -2.13. The van der Waals surface area contributed by atoms with E-state index in [0.717, 1.165) is 10.0 Å². The second-order valence-corrected chi connectivity index (χ2v) is 8.63. The average molecular weight is 492 g/mol. The fraction of sp³-hybridized carbons (Fsp3) is 0.318. The van der Waals surface area contributed by atoms with Crippen LogP contribution in [0.25, 0.3) is 0 Å². The molecule has 0 fully saturated rings. The van der Waals surface area contributed by atoms with Crippen LogP contribution in [0.5, 0.6) is 5.75 Å². The smallest absolute Gasteiger partial charge is 0.276 e. The van der Waals surface area contributed by atoms with Crippen LogP contribution in [0.4, 0.5) is 0 Å². The van der Waals surface area contributed by atoms with Crippen molar-refractivity contribution in [2.75, 3.05) is 6.61 Å². The predicted molar refractivity (Wildman–Crippen MR) is 126 cm³/mol. The number of hydrogen-bond donors (Lipinski definition) is 3. The van der Waals surface area contributed by atoms with Crippen molar-refractivity contribution in [2.24, 2.45) is 0 Å². The van der Waals surface area contributed by atoms with E-state index in [1.54, 1.807) is 12.1 Å². The van der Waals surface area contributed by atoms with Crippen molar-refractivity contribution in [3.63, 3.8) is 0 Å². The summed E-state index contributed by atoms with van der Waals surface area (Å²) >= 11 is 8.50. The van der Waals surface area contributed by atoms with Gasteiger partial charge in [-0.15, -0.1) is 0 Å². The van der Waals surface area contributed by atoms with Crippen molar-refractivity contribution in [1.29, 1.82) is 0 Å². The first-order chi connectivity index (χ1) is 14.2. The van der Waals surface area contributed by atoms with Gasteiger partial charge in [-0.2, -0.15) is 0 Å². The summed E-state index contributed by atoms with van der Waals surface area (Å²) in [7, 11) is 0. The molecule has 0 unspecified atom stereocenters. The summed E-state index contributed by atoms with van der Waals surface area (Å²) in [4.78, 5) is 24.2. The van der Waals surface area contributed by atoms with Gasteiger partial charge in [-0.3, -0.25) is 25.8 Å². The second-order valence-electron chi connectivity index (χ2n) is 7.37. The molecule has 0 saturated carbocycles. The molecule has 0 saturated heterocycles. The molecule has 0 atom stereocenters. The van der Waals surface area contributed by atoms with Crippen LogP contribution in [0.3, 0.4) is 0 Å². The van der Waals surface area contributed by atoms with Gasteiger partial charge in [-0.1, -0.05) is 45.9 Å². The largest absolute Gasteiger partial charge is 0.483 e. The van der Waals surface area contributed by atoms with Gasteiger partial charge in [0.1, 0.15) is 5.75 Å². The lowest BCUT2D eigenvalue weighted by Crippen LogP contribution is -2.49. The van der Waals surface area contributed by atoms with E-state index >= 15 is 0 Å². The van der Waals surface area contributed by atoms with E-state index in [1.165, 1.54) is 5.56 Å². The molecule has 160 valence electrons. The lowest BCUT2D eigenvalue weighted by molar-refractivity contribution is -0.123. The Hall–Kier alpha value is -2.45. The maximum Gasteiger partial charge on any atom is 0.276 e. The number of rotatable bonds is 6. The summed E-state index contributed by atoms with van der Waals surface area (Å²) in [5.41, 5.74) is 7.68. The third kappa shape index (κ3) is 7.11. The van der Waals surface area contributed by atoms with Crippen molar-refractivity contribution in [3.8, 4) is 5.75 Å². The van der Waals surface area contributed by atoms with Gasteiger partial charge in [0.05, 0.1) is 4.47 Å². The molecule has 0 bridgehead atoms. The van der Waals surface area contributed by atoms with Crippen LogP contribution in [0.2, 0.25) is 0 Å². The van der Waals surface area contributed by atoms with Crippen LogP contribution in [0.1, 0.15) is 61.0 Å². The molecule has 2 aromatic carbocycles. The highest BCUT2D eigenvalue weighted by Crippen LogP contribution is 2.28. The molecule has 0 radical (unpaired) electrons. The number of carbonyl (C=O) groups excluding carboxylic acids is 2. The zero-order valence-corrected chi connectivity index (χ0v) is 19.8. The van der Waals surface area contributed by atoms with E-state index in [4.69, 9.17) is 17.0 Å². The van der Waals surface area contributed by atoms with E-state index in [1.807, 2.05) is 30.3 Å². The van der Waals surface area contributed by atoms with E-state index in [0.29, 0.717) is 23.1 Å². The van der Waals surface area contributed by atoms with Crippen LogP contribution in [-0.2, 0) is 4.79 Å². The number of ether oxygens (including phenoxy) is 1. The fourth-order valence-electron chi connectivity index (χ4n) is 2.53. The van der Waals surface area contributed by atoms with Gasteiger partial charge in [-0.05, 0) is 75.4 Å². The summed E-state index contributed by atoms with van der Waals surface area (Å²) in [5, 5.41) is 2.51. The van der Waals surface area contributed by atoms with Crippen LogP contribution >= 0.6 is 28.1 Å². The van der Waals surface area contributed by atoms with Crippen LogP contribution in [0.15, 0.2) is 46.9 Å². The summed E-state index contributed by atoms with van der Waals surface area (Å²) < 4.78 is 6.30. The number of benzene rings is 2. The van der Waals surface area contributed by atoms with Crippen molar-refractivity contribution in [3.05, 3.63) is 63.6 Å². The van der Waals surface area contributed by atoms with Crippen molar-refractivity contribution >= 4 is 45.1 Å². The molecule has 2 rings (SSSR count). The topological polar surface area (TPSA) is 79.5 Å². The highest BCUT2D eigenvalue weighted by molar-refractivity contribution is 9.10. The van der Waals surface area contributed by atoms with Gasteiger partial charge in [0.15, 0.2) is 11.7 Å². The zero-order chi connectivity index (χ0) is 22.3. The van der Waals surface area contributed by atoms with Crippen molar-refractivity contribution in [2.45, 2.75) is 39.5 Å². The molecule has 8 heteroatoms. The molecule has 0 aliphatic heterocycles. The first-order valence-electron chi connectivity index (χ1n) is 9.59. The molecule has 3 N–H and O–H groups in total. The van der Waals surface area contributed by atoms with Crippen molar-refractivity contribution in [1.82, 2.24) is 16.2 Å². The third-order valence-electron chi connectivity index (χ3n) is 4.36. The van der Waals surface area contributed by atoms with Gasteiger partial charge >= 0.3 is 0 Å². The lowest BCUT2D eigenvalue weighted by atomic mass is 10.0. The Morgan fingerprint density at radius 3 is 2.13 bits per heavy atom. The average Bonchev–Trinajstić information content (AvgIpc) is 2.71. The SMILES string of the molecule is CC(C)c1ccc(C(=O)NC(=S)NNC(=O)COc2ccc(C(C)C)cc2Br)cc1. The summed E-state index contributed by atoms with van der Waals surface area (Å²) in [6.45, 7) is 8.16. The number of hydrazine groups is 1. The maximum atomic E-state index is 12.2. The number of thiocarbonyl (C=S) groups is 1. The first-order valence-corrected chi connectivity index (χ1v) is 10.8. The molecule has 0 aliphatic carbocycles. The minimum atomic E-state index is -0.437.